The van der Waals surface area contributed by atoms with E-state index in [-0.39, 0.29) is 23.7 Å². The molecule has 0 aliphatic carbocycles. The molecule has 1 heterocycles. The maximum Gasteiger partial charge on any atom is 0.357 e. The molecule has 150 valence electrons. The Hall–Kier alpha value is -1.58. The summed E-state index contributed by atoms with van der Waals surface area (Å²) in [7, 11) is -4.30. The molecule has 0 saturated heterocycles. The highest BCUT2D eigenvalue weighted by Gasteiger charge is 2.29. The number of carbonyl (C=O) groups excluding carboxylic acids is 1. The first-order valence-electron chi connectivity index (χ1n) is 8.83. The van der Waals surface area contributed by atoms with Crippen molar-refractivity contribution < 1.29 is 17.8 Å². The zero-order valence-electron chi connectivity index (χ0n) is 16.0. The first-order chi connectivity index (χ1) is 12.5. The van der Waals surface area contributed by atoms with E-state index < -0.39 is 15.7 Å². The van der Waals surface area contributed by atoms with Gasteiger partial charge >= 0.3 is 10.3 Å². The number of carbonyl (C=O) groups is 1. The van der Waals surface area contributed by atoms with E-state index in [0.717, 1.165) is 22.8 Å². The molecule has 0 saturated carbocycles. The van der Waals surface area contributed by atoms with Crippen molar-refractivity contribution in [2.45, 2.75) is 52.6 Å². The average molecular weight is 414 g/mol. The highest BCUT2D eigenvalue weighted by atomic mass is 32.2. The van der Waals surface area contributed by atoms with E-state index in [1.807, 2.05) is 25.5 Å². The highest BCUT2D eigenvalue weighted by Crippen LogP contribution is 2.25. The van der Waals surface area contributed by atoms with Crippen molar-refractivity contribution in [2.75, 3.05) is 10.5 Å². The minimum atomic E-state index is -4.30. The van der Waals surface area contributed by atoms with Crippen molar-refractivity contribution in [3.63, 3.8) is 0 Å². The molecule has 9 heteroatoms. The van der Waals surface area contributed by atoms with Crippen LogP contribution in [0, 0.1) is 5.41 Å². The van der Waals surface area contributed by atoms with Crippen LogP contribution in [0.5, 0.6) is 0 Å². The van der Waals surface area contributed by atoms with Crippen LogP contribution in [0.25, 0.3) is 0 Å². The molecular weight excluding hydrogens is 386 g/mol. The maximum atomic E-state index is 12.5. The van der Waals surface area contributed by atoms with Gasteiger partial charge in [-0.2, -0.15) is 8.42 Å². The predicted octanol–water partition coefficient (Wildman–Crippen LogP) is 2.90. The molecule has 0 aromatic heterocycles. The van der Waals surface area contributed by atoms with Crippen molar-refractivity contribution in [3.8, 4) is 0 Å². The molecule has 2 atom stereocenters. The minimum absolute atomic E-state index is 0.0413. The summed E-state index contributed by atoms with van der Waals surface area (Å²) in [6.07, 6.45) is 1.52. The first kappa shape index (κ1) is 21.7. The van der Waals surface area contributed by atoms with E-state index in [2.05, 4.69) is 12.2 Å². The van der Waals surface area contributed by atoms with Crippen molar-refractivity contribution in [3.05, 3.63) is 29.8 Å². The number of hydrogen-bond acceptors (Lipinski definition) is 5. The number of nitrogens with zero attached hydrogens (tertiary/aromatic N) is 1. The van der Waals surface area contributed by atoms with Gasteiger partial charge in [0.05, 0.1) is 22.8 Å². The van der Waals surface area contributed by atoms with E-state index in [4.69, 9.17) is 9.55 Å². The fourth-order valence-electron chi connectivity index (χ4n) is 2.50. The summed E-state index contributed by atoms with van der Waals surface area (Å²) < 4.78 is 32.6. The van der Waals surface area contributed by atoms with E-state index in [0.29, 0.717) is 6.42 Å². The molecule has 2 rings (SSSR count). The Balaban J connectivity index is 2.17. The van der Waals surface area contributed by atoms with Gasteiger partial charge in [-0.05, 0) is 30.5 Å². The largest absolute Gasteiger partial charge is 0.357 e. The van der Waals surface area contributed by atoms with Crippen molar-refractivity contribution >= 4 is 38.7 Å². The lowest BCUT2D eigenvalue weighted by Crippen LogP contribution is -2.45. The van der Waals surface area contributed by atoms with Crippen LogP contribution in [0.1, 0.15) is 39.7 Å². The van der Waals surface area contributed by atoms with Gasteiger partial charge in [0, 0.05) is 11.2 Å². The summed E-state index contributed by atoms with van der Waals surface area (Å²) in [4.78, 5) is 17.2. The Kier molecular flexibility index (Phi) is 6.93. The third-order valence-corrected chi connectivity index (χ3v) is 5.86. The van der Waals surface area contributed by atoms with Gasteiger partial charge < -0.3 is 5.32 Å². The van der Waals surface area contributed by atoms with Gasteiger partial charge in [0.2, 0.25) is 5.91 Å². The first-order valence-corrected chi connectivity index (χ1v) is 11.3. The van der Waals surface area contributed by atoms with Crippen LogP contribution in [0.4, 0.5) is 5.69 Å². The fourth-order valence-corrected chi connectivity index (χ4v) is 4.18. The summed E-state index contributed by atoms with van der Waals surface area (Å²) in [5.41, 5.74) is 0.698. The molecule has 27 heavy (non-hydrogen) atoms. The minimum Gasteiger partial charge on any atom is -0.346 e. The Bertz CT molecular complexity index is 799. The Morgan fingerprint density at radius 1 is 1.33 bits per heavy atom. The van der Waals surface area contributed by atoms with Crippen molar-refractivity contribution in [1.29, 1.82) is 0 Å². The van der Waals surface area contributed by atoms with Gasteiger partial charge in [-0.3, -0.25) is 19.1 Å². The number of benzene rings is 1. The quantitative estimate of drug-likeness (QED) is 0.596. The SMILES string of the molecule is CCC1CSC([C@H](Cc2ccc(NS(=O)(=O)O)cc2)NC(=O)C(C)(C)C)=N1. The number of anilines is 1. The van der Waals surface area contributed by atoms with Gasteiger partial charge in [0.1, 0.15) is 0 Å². The lowest BCUT2D eigenvalue weighted by molar-refractivity contribution is -0.128. The second kappa shape index (κ2) is 8.62. The Morgan fingerprint density at radius 3 is 2.44 bits per heavy atom. The van der Waals surface area contributed by atoms with E-state index in [9.17, 15) is 13.2 Å². The van der Waals surface area contributed by atoms with Crippen LogP contribution >= 0.6 is 11.8 Å². The van der Waals surface area contributed by atoms with Crippen LogP contribution < -0.4 is 10.0 Å². The summed E-state index contributed by atoms with van der Waals surface area (Å²) in [6.45, 7) is 7.70. The molecule has 1 aliphatic heterocycles. The number of amides is 1. The second-order valence-corrected chi connectivity index (χ2v) is 9.79. The highest BCUT2D eigenvalue weighted by molar-refractivity contribution is 8.14. The zero-order valence-corrected chi connectivity index (χ0v) is 17.7. The fraction of sp³-hybridized carbons (Fsp3) is 0.556. The molecule has 1 amide bonds. The number of aliphatic imine (C=N–C) groups is 1. The molecule has 1 aromatic rings. The smallest absolute Gasteiger partial charge is 0.346 e. The third-order valence-electron chi connectivity index (χ3n) is 4.13. The monoisotopic (exact) mass is 413 g/mol. The number of hydrogen-bond donors (Lipinski definition) is 3. The summed E-state index contributed by atoms with van der Waals surface area (Å²) in [6, 6.07) is 6.73. The molecule has 0 radical (unpaired) electrons. The normalized spacial score (nSPS) is 18.7. The molecule has 1 aliphatic rings. The lowest BCUT2D eigenvalue weighted by atomic mass is 9.94. The molecular formula is C18H27N3O4S2. The summed E-state index contributed by atoms with van der Waals surface area (Å²) >= 11 is 1.68. The maximum absolute atomic E-state index is 12.5. The van der Waals surface area contributed by atoms with Crippen LogP contribution in [-0.4, -0.2) is 41.8 Å². The van der Waals surface area contributed by atoms with E-state index in [1.165, 1.54) is 0 Å². The van der Waals surface area contributed by atoms with E-state index in [1.54, 1.807) is 36.0 Å². The zero-order chi connectivity index (χ0) is 20.2. The molecule has 3 N–H and O–H groups in total. The van der Waals surface area contributed by atoms with Crippen LogP contribution in [0.15, 0.2) is 29.3 Å². The number of nitrogens with one attached hydrogen (secondary N) is 2. The van der Waals surface area contributed by atoms with Gasteiger partial charge in [0.15, 0.2) is 0 Å². The molecule has 0 spiro atoms. The summed E-state index contributed by atoms with van der Waals surface area (Å²) in [5.74, 6) is 0.880. The topological polar surface area (TPSA) is 108 Å². The number of rotatable bonds is 7. The Labute approximate surface area is 165 Å². The van der Waals surface area contributed by atoms with E-state index >= 15 is 0 Å². The van der Waals surface area contributed by atoms with Gasteiger partial charge in [-0.25, -0.2) is 0 Å². The molecule has 1 unspecified atom stereocenters. The average Bonchev–Trinajstić information content (AvgIpc) is 3.02. The predicted molar refractivity (Wildman–Crippen MR) is 111 cm³/mol. The number of thioether (sulfide) groups is 1. The van der Waals surface area contributed by atoms with Crippen LogP contribution in [-0.2, 0) is 21.5 Å². The van der Waals surface area contributed by atoms with Gasteiger partial charge in [0.25, 0.3) is 0 Å². The van der Waals surface area contributed by atoms with Crippen molar-refractivity contribution in [1.82, 2.24) is 5.32 Å². The summed E-state index contributed by atoms with van der Waals surface area (Å²) in [5, 5.41) is 4.03. The standard InChI is InChI=1S/C18H27N3O4S2/c1-5-13-11-26-16(19-13)15(20-17(22)18(2,3)4)10-12-6-8-14(9-7-12)21-27(23,24)25/h6-9,13,15,21H,5,10-11H2,1-4H3,(H,20,22)(H,23,24,25)/t13?,15-/m0/s1. The van der Waals surface area contributed by atoms with Crippen LogP contribution in [0.3, 0.4) is 0 Å². The molecule has 0 bridgehead atoms. The molecule has 1 aromatic carbocycles. The lowest BCUT2D eigenvalue weighted by Gasteiger charge is -2.24. The van der Waals surface area contributed by atoms with Gasteiger partial charge in [-0.15, -0.1) is 11.8 Å². The Morgan fingerprint density at radius 2 is 1.96 bits per heavy atom. The molecule has 0 fully saturated rings. The van der Waals surface area contributed by atoms with Gasteiger partial charge in [-0.1, -0.05) is 39.8 Å². The third kappa shape index (κ3) is 6.82. The second-order valence-electron chi connectivity index (χ2n) is 7.59. The van der Waals surface area contributed by atoms with Crippen molar-refractivity contribution in [2.24, 2.45) is 10.4 Å². The van der Waals surface area contributed by atoms with Crippen LogP contribution in [0.2, 0.25) is 0 Å². The molecule has 7 nitrogen and oxygen atoms in total.